The third-order valence-electron chi connectivity index (χ3n) is 9.30. The number of pyridine rings is 2. The minimum absolute atomic E-state index is 0.751. The summed E-state index contributed by atoms with van der Waals surface area (Å²) in [5.74, 6) is 2.41. The zero-order valence-corrected chi connectivity index (χ0v) is 29.6. The first kappa shape index (κ1) is 34.4. The lowest BCUT2D eigenvalue weighted by molar-refractivity contribution is 0.281. The molecule has 0 saturated heterocycles. The van der Waals surface area contributed by atoms with Crippen LogP contribution in [0.3, 0.4) is 0 Å². The lowest BCUT2D eigenvalue weighted by atomic mass is 9.95. The Kier molecular flexibility index (Phi) is 11.9. The van der Waals surface area contributed by atoms with Crippen LogP contribution in [0, 0.1) is 25.7 Å². The van der Waals surface area contributed by atoms with Crippen LogP contribution in [0.5, 0.6) is 5.75 Å². The van der Waals surface area contributed by atoms with Gasteiger partial charge in [0.15, 0.2) is 0 Å². The van der Waals surface area contributed by atoms with Crippen molar-refractivity contribution in [3.8, 4) is 5.75 Å². The molecule has 0 aliphatic heterocycles. The second kappa shape index (κ2) is 16.2. The van der Waals surface area contributed by atoms with E-state index < -0.39 is 0 Å². The molecule has 0 radical (unpaired) electrons. The molecule has 3 aromatic carbocycles. The highest BCUT2D eigenvalue weighted by molar-refractivity contribution is 6.07. The first-order chi connectivity index (χ1) is 22.7. The molecule has 5 aromatic rings. The molecule has 2 atom stereocenters. The Morgan fingerprint density at radius 1 is 0.809 bits per heavy atom. The van der Waals surface area contributed by atoms with Crippen molar-refractivity contribution in [2.75, 3.05) is 72.1 Å². The van der Waals surface area contributed by atoms with E-state index in [4.69, 9.17) is 9.72 Å². The zero-order valence-electron chi connectivity index (χ0n) is 29.6. The van der Waals surface area contributed by atoms with Gasteiger partial charge in [0.05, 0.1) is 35.0 Å². The van der Waals surface area contributed by atoms with Crippen LogP contribution < -0.4 is 15.4 Å². The summed E-state index contributed by atoms with van der Waals surface area (Å²) >= 11 is 0. The number of nitrogens with one attached hydrogen (secondary N) is 2. The molecule has 1 aliphatic rings. The first-order valence-electron chi connectivity index (χ1n) is 17.2. The molecule has 2 N–H and O–H groups in total. The molecule has 47 heavy (non-hydrogen) atoms. The number of methoxy groups -OCH3 is 1. The molecule has 6 rings (SSSR count). The number of benzene rings is 3. The van der Waals surface area contributed by atoms with Crippen molar-refractivity contribution in [3.05, 3.63) is 78.0 Å². The second-order valence-corrected chi connectivity index (χ2v) is 13.8. The minimum atomic E-state index is 0.751. The standard InChI is InChI=1S/C24H31N3.C16H23N3O/c1-16-9-11-22-21(12-16)24(20-10-8-17(2)13-23(20)26-22)25-14-18-6-5-7-19(18)15-27(3)4;1-19(2)10-5-4-8-17-15-12-14(20-3)11-13-7-6-9-18-16(13)15/h8-13,18-19H,5-7,14-15H2,1-4H3,(H,25,26);6-7,9,11-12,17H,4-5,8,10H2,1-3H3. The lowest BCUT2D eigenvalue weighted by Gasteiger charge is -2.24. The smallest absolute Gasteiger partial charge is 0.121 e. The monoisotopic (exact) mass is 634 g/mol. The van der Waals surface area contributed by atoms with Crippen molar-refractivity contribution >= 4 is 44.1 Å². The maximum absolute atomic E-state index is 5.35. The van der Waals surface area contributed by atoms with Gasteiger partial charge < -0.3 is 25.2 Å². The lowest BCUT2D eigenvalue weighted by Crippen LogP contribution is -2.28. The highest BCUT2D eigenvalue weighted by Crippen LogP contribution is 2.36. The van der Waals surface area contributed by atoms with Crippen LogP contribution >= 0.6 is 0 Å². The Balaban J connectivity index is 0.000000194. The summed E-state index contributed by atoms with van der Waals surface area (Å²) in [4.78, 5) is 13.9. The number of aryl methyl sites for hydroxylation is 2. The normalized spacial score (nSPS) is 16.2. The molecule has 1 saturated carbocycles. The number of unbranched alkanes of at least 4 members (excludes halogenated alkanes) is 1. The number of rotatable bonds is 12. The van der Waals surface area contributed by atoms with Crippen molar-refractivity contribution in [2.45, 2.75) is 46.0 Å². The fourth-order valence-electron chi connectivity index (χ4n) is 6.88. The van der Waals surface area contributed by atoms with Gasteiger partial charge in [-0.15, -0.1) is 0 Å². The number of hydrogen-bond donors (Lipinski definition) is 2. The Bertz CT molecular complexity index is 1770. The molecule has 0 amide bonds. The number of fused-ring (bicyclic) bond motifs is 3. The first-order valence-corrected chi connectivity index (χ1v) is 17.2. The van der Waals surface area contributed by atoms with Crippen LogP contribution in [0.25, 0.3) is 32.7 Å². The number of nitrogens with zero attached hydrogens (tertiary/aromatic N) is 4. The predicted molar refractivity (Wildman–Crippen MR) is 201 cm³/mol. The molecular formula is C40H54N6O. The van der Waals surface area contributed by atoms with E-state index in [0.29, 0.717) is 0 Å². The maximum atomic E-state index is 5.35. The summed E-state index contributed by atoms with van der Waals surface area (Å²) in [6.45, 7) is 8.62. The minimum Gasteiger partial charge on any atom is -0.497 e. The Labute approximate surface area is 281 Å². The van der Waals surface area contributed by atoms with Crippen LogP contribution in [0.2, 0.25) is 0 Å². The van der Waals surface area contributed by atoms with Gasteiger partial charge in [-0.05, 0) is 122 Å². The molecule has 7 nitrogen and oxygen atoms in total. The van der Waals surface area contributed by atoms with Gasteiger partial charge in [0.2, 0.25) is 0 Å². The third kappa shape index (κ3) is 9.11. The van der Waals surface area contributed by atoms with E-state index in [0.717, 1.165) is 71.3 Å². The summed E-state index contributed by atoms with van der Waals surface area (Å²) in [5.41, 5.74) is 8.02. The molecule has 7 heteroatoms. The largest absolute Gasteiger partial charge is 0.497 e. The van der Waals surface area contributed by atoms with E-state index in [1.54, 1.807) is 7.11 Å². The summed E-state index contributed by atoms with van der Waals surface area (Å²) in [7, 11) is 10.3. The maximum Gasteiger partial charge on any atom is 0.121 e. The Morgan fingerprint density at radius 2 is 1.60 bits per heavy atom. The Morgan fingerprint density at radius 3 is 2.38 bits per heavy atom. The van der Waals surface area contributed by atoms with Crippen molar-refractivity contribution in [1.82, 2.24) is 19.8 Å². The average Bonchev–Trinajstić information content (AvgIpc) is 3.48. The van der Waals surface area contributed by atoms with Gasteiger partial charge in [-0.1, -0.05) is 36.2 Å². The molecule has 250 valence electrons. The van der Waals surface area contributed by atoms with Crippen molar-refractivity contribution in [2.24, 2.45) is 11.8 Å². The molecule has 2 heterocycles. The molecule has 2 aromatic heterocycles. The SMILES string of the molecule is COc1cc(NCCCCN(C)C)c2ncccc2c1.Cc1ccc2c(NCC3CCCC3CN(C)C)c3cc(C)ccc3nc2c1. The summed E-state index contributed by atoms with van der Waals surface area (Å²) in [6.07, 6.45) is 8.22. The fraction of sp³-hybridized carbons (Fsp3) is 0.450. The van der Waals surface area contributed by atoms with Crippen molar-refractivity contribution in [1.29, 1.82) is 0 Å². The summed E-state index contributed by atoms with van der Waals surface area (Å²) in [5, 5.41) is 10.9. The van der Waals surface area contributed by atoms with Crippen LogP contribution in [0.1, 0.15) is 43.2 Å². The Hall–Kier alpha value is -3.94. The number of hydrogen-bond acceptors (Lipinski definition) is 7. The predicted octanol–water partition coefficient (Wildman–Crippen LogP) is 8.39. The summed E-state index contributed by atoms with van der Waals surface area (Å²) < 4.78 is 5.35. The van der Waals surface area contributed by atoms with Gasteiger partial charge in [-0.2, -0.15) is 0 Å². The van der Waals surface area contributed by atoms with E-state index in [1.807, 2.05) is 24.4 Å². The number of aromatic nitrogens is 2. The molecule has 1 aliphatic carbocycles. The third-order valence-corrected chi connectivity index (χ3v) is 9.30. The molecular weight excluding hydrogens is 580 g/mol. The van der Waals surface area contributed by atoms with Crippen molar-refractivity contribution < 1.29 is 4.74 Å². The van der Waals surface area contributed by atoms with Crippen LogP contribution in [0.15, 0.2) is 66.9 Å². The van der Waals surface area contributed by atoms with E-state index in [1.165, 1.54) is 59.8 Å². The van der Waals surface area contributed by atoms with E-state index in [2.05, 4.69) is 110 Å². The van der Waals surface area contributed by atoms with Gasteiger partial charge >= 0.3 is 0 Å². The highest BCUT2D eigenvalue weighted by atomic mass is 16.5. The molecule has 1 fully saturated rings. The molecule has 0 bridgehead atoms. The van der Waals surface area contributed by atoms with E-state index in [9.17, 15) is 0 Å². The van der Waals surface area contributed by atoms with E-state index in [-0.39, 0.29) is 0 Å². The van der Waals surface area contributed by atoms with Gasteiger partial charge in [-0.3, -0.25) is 4.98 Å². The van der Waals surface area contributed by atoms with Gasteiger partial charge in [-0.25, -0.2) is 4.98 Å². The average molecular weight is 635 g/mol. The van der Waals surface area contributed by atoms with Crippen LogP contribution in [-0.4, -0.2) is 81.2 Å². The molecule has 0 spiro atoms. The zero-order chi connectivity index (χ0) is 33.3. The van der Waals surface area contributed by atoms with E-state index >= 15 is 0 Å². The van der Waals surface area contributed by atoms with Gasteiger partial charge in [0, 0.05) is 48.1 Å². The van der Waals surface area contributed by atoms with Crippen molar-refractivity contribution in [3.63, 3.8) is 0 Å². The quantitative estimate of drug-likeness (QED) is 0.106. The number of anilines is 2. The van der Waals surface area contributed by atoms with Crippen LogP contribution in [0.4, 0.5) is 11.4 Å². The highest BCUT2D eigenvalue weighted by Gasteiger charge is 2.27. The topological polar surface area (TPSA) is 65.6 Å². The second-order valence-electron chi connectivity index (χ2n) is 13.8. The summed E-state index contributed by atoms with van der Waals surface area (Å²) in [6, 6.07) is 21.2. The van der Waals surface area contributed by atoms with Crippen LogP contribution in [-0.2, 0) is 0 Å². The fourth-order valence-corrected chi connectivity index (χ4v) is 6.88. The van der Waals surface area contributed by atoms with Gasteiger partial charge in [0.25, 0.3) is 0 Å². The molecule has 2 unspecified atom stereocenters. The number of ether oxygens (including phenoxy) is 1. The van der Waals surface area contributed by atoms with Gasteiger partial charge in [0.1, 0.15) is 5.75 Å².